The van der Waals surface area contributed by atoms with Crippen LogP contribution in [0.4, 0.5) is 0 Å². The maximum Gasteiger partial charge on any atom is 0.253 e. The van der Waals surface area contributed by atoms with E-state index in [2.05, 4.69) is 5.43 Å². The molecular weight excluding hydrogens is 130 g/mol. The Morgan fingerprint density at radius 2 is 2.20 bits per heavy atom. The fraction of sp³-hybridized carbons (Fsp3) is 0.833. The number of hydrazine groups is 1. The highest BCUT2D eigenvalue weighted by atomic mass is 16.2. The van der Waals surface area contributed by atoms with Crippen molar-refractivity contribution in [1.29, 1.82) is 0 Å². The molecule has 1 fully saturated rings. The van der Waals surface area contributed by atoms with E-state index in [0.717, 1.165) is 12.8 Å². The van der Waals surface area contributed by atoms with Gasteiger partial charge in [0.05, 0.1) is 5.54 Å². The second-order valence-corrected chi connectivity index (χ2v) is 3.03. The molecule has 5 N–H and O–H groups in total. The van der Waals surface area contributed by atoms with Crippen LogP contribution in [0.25, 0.3) is 0 Å². The van der Waals surface area contributed by atoms with Crippen LogP contribution in [-0.2, 0) is 4.79 Å². The van der Waals surface area contributed by atoms with E-state index >= 15 is 0 Å². The lowest BCUT2D eigenvalue weighted by atomic mass is 9.97. The highest BCUT2D eigenvalue weighted by molar-refractivity contribution is 5.85. The third kappa shape index (κ3) is 1.12. The normalized spacial score (nSPS) is 23.5. The minimum absolute atomic E-state index is 0.269. The van der Waals surface area contributed by atoms with E-state index in [0.29, 0.717) is 5.92 Å². The molecule has 0 aromatic carbocycles. The van der Waals surface area contributed by atoms with Gasteiger partial charge in [-0.15, -0.1) is 0 Å². The second kappa shape index (κ2) is 2.21. The van der Waals surface area contributed by atoms with Gasteiger partial charge in [0.25, 0.3) is 5.91 Å². The summed E-state index contributed by atoms with van der Waals surface area (Å²) in [7, 11) is 0. The lowest BCUT2D eigenvalue weighted by molar-refractivity contribution is -0.126. The maximum absolute atomic E-state index is 11.0. The predicted octanol–water partition coefficient (Wildman–Crippen LogP) is -0.896. The van der Waals surface area contributed by atoms with Crippen molar-refractivity contribution in [1.82, 2.24) is 5.43 Å². The molecule has 1 unspecified atom stereocenters. The summed E-state index contributed by atoms with van der Waals surface area (Å²) in [6, 6.07) is 0. The Morgan fingerprint density at radius 3 is 2.50 bits per heavy atom. The molecule has 1 atom stereocenters. The molecule has 0 bridgehead atoms. The number of nitrogens with one attached hydrogen (secondary N) is 1. The fourth-order valence-corrected chi connectivity index (χ4v) is 1.02. The summed E-state index contributed by atoms with van der Waals surface area (Å²) in [4.78, 5) is 11.0. The number of hydrogen-bond donors (Lipinski definition) is 3. The minimum Gasteiger partial charge on any atom is -0.317 e. The smallest absolute Gasteiger partial charge is 0.253 e. The molecule has 0 radical (unpaired) electrons. The summed E-state index contributed by atoms with van der Waals surface area (Å²) < 4.78 is 0. The van der Waals surface area contributed by atoms with Gasteiger partial charge in [0.15, 0.2) is 0 Å². The average Bonchev–Trinajstić information content (AvgIpc) is 2.66. The molecular formula is C6H13N3O. The number of rotatable bonds is 2. The van der Waals surface area contributed by atoms with Crippen molar-refractivity contribution in [2.24, 2.45) is 17.5 Å². The Balaban J connectivity index is 2.56. The summed E-state index contributed by atoms with van der Waals surface area (Å²) in [6.45, 7) is 1.72. The van der Waals surface area contributed by atoms with Crippen LogP contribution >= 0.6 is 0 Å². The molecule has 1 amide bonds. The average molecular weight is 143 g/mol. The van der Waals surface area contributed by atoms with Gasteiger partial charge in [0, 0.05) is 0 Å². The van der Waals surface area contributed by atoms with Crippen molar-refractivity contribution in [2.75, 3.05) is 0 Å². The Bertz CT molecular complexity index is 151. The van der Waals surface area contributed by atoms with Crippen molar-refractivity contribution < 1.29 is 4.79 Å². The highest BCUT2D eigenvalue weighted by Gasteiger charge is 2.43. The van der Waals surface area contributed by atoms with Crippen LogP contribution in [0, 0.1) is 5.92 Å². The van der Waals surface area contributed by atoms with Crippen molar-refractivity contribution in [2.45, 2.75) is 25.3 Å². The summed E-state index contributed by atoms with van der Waals surface area (Å²) in [6.07, 6.45) is 2.08. The van der Waals surface area contributed by atoms with Gasteiger partial charge in [0.1, 0.15) is 0 Å². The van der Waals surface area contributed by atoms with Crippen LogP contribution in [0.3, 0.4) is 0 Å². The molecule has 0 aromatic heterocycles. The van der Waals surface area contributed by atoms with E-state index in [-0.39, 0.29) is 5.91 Å². The van der Waals surface area contributed by atoms with Crippen LogP contribution in [-0.4, -0.2) is 11.4 Å². The van der Waals surface area contributed by atoms with Crippen LogP contribution in [0.5, 0.6) is 0 Å². The van der Waals surface area contributed by atoms with Crippen molar-refractivity contribution in [3.8, 4) is 0 Å². The standard InChI is InChI=1S/C6H13N3O/c1-6(7,4-2-3-4)5(10)9-8/h4H,2-3,7-8H2,1H3,(H,9,10). The van der Waals surface area contributed by atoms with Gasteiger partial charge in [-0.25, -0.2) is 5.84 Å². The summed E-state index contributed by atoms with van der Waals surface area (Å²) in [5, 5.41) is 0. The topological polar surface area (TPSA) is 81.1 Å². The molecule has 0 aromatic rings. The quantitative estimate of drug-likeness (QED) is 0.266. The first-order chi connectivity index (χ1) is 4.59. The first kappa shape index (κ1) is 7.50. The summed E-state index contributed by atoms with van der Waals surface area (Å²) in [5.41, 5.74) is 6.99. The third-order valence-electron chi connectivity index (χ3n) is 2.05. The fourth-order valence-electron chi connectivity index (χ4n) is 1.02. The van der Waals surface area contributed by atoms with E-state index < -0.39 is 5.54 Å². The van der Waals surface area contributed by atoms with E-state index in [9.17, 15) is 4.79 Å². The Hall–Kier alpha value is -0.610. The zero-order chi connectivity index (χ0) is 7.78. The maximum atomic E-state index is 11.0. The molecule has 4 heteroatoms. The molecule has 4 nitrogen and oxygen atoms in total. The van der Waals surface area contributed by atoms with Gasteiger partial charge in [0.2, 0.25) is 0 Å². The van der Waals surface area contributed by atoms with Gasteiger partial charge >= 0.3 is 0 Å². The van der Waals surface area contributed by atoms with E-state index in [1.165, 1.54) is 0 Å². The number of hydrogen-bond acceptors (Lipinski definition) is 3. The molecule has 58 valence electrons. The summed E-state index contributed by atoms with van der Waals surface area (Å²) in [5.74, 6) is 5.01. The lowest BCUT2D eigenvalue weighted by Gasteiger charge is -2.21. The van der Waals surface area contributed by atoms with Crippen LogP contribution < -0.4 is 17.0 Å². The molecule has 0 spiro atoms. The largest absolute Gasteiger partial charge is 0.317 e. The van der Waals surface area contributed by atoms with Crippen LogP contribution in [0.1, 0.15) is 19.8 Å². The van der Waals surface area contributed by atoms with E-state index in [4.69, 9.17) is 11.6 Å². The van der Waals surface area contributed by atoms with Gasteiger partial charge in [-0.1, -0.05) is 0 Å². The predicted molar refractivity (Wildman–Crippen MR) is 37.6 cm³/mol. The molecule has 10 heavy (non-hydrogen) atoms. The first-order valence-electron chi connectivity index (χ1n) is 3.39. The van der Waals surface area contributed by atoms with Gasteiger partial charge in [-0.05, 0) is 25.7 Å². The van der Waals surface area contributed by atoms with Crippen molar-refractivity contribution in [3.63, 3.8) is 0 Å². The molecule has 0 aliphatic heterocycles. The van der Waals surface area contributed by atoms with Crippen molar-refractivity contribution >= 4 is 5.91 Å². The number of nitrogens with two attached hydrogens (primary N) is 2. The number of carbonyl (C=O) groups is 1. The highest BCUT2D eigenvalue weighted by Crippen LogP contribution is 2.37. The molecule has 1 saturated carbocycles. The second-order valence-electron chi connectivity index (χ2n) is 3.03. The molecule has 0 heterocycles. The van der Waals surface area contributed by atoms with Gasteiger partial charge < -0.3 is 5.73 Å². The van der Waals surface area contributed by atoms with Gasteiger partial charge in [-0.3, -0.25) is 10.2 Å². The Labute approximate surface area is 59.9 Å². The van der Waals surface area contributed by atoms with E-state index in [1.807, 2.05) is 0 Å². The molecule has 0 saturated heterocycles. The summed E-state index contributed by atoms with van der Waals surface area (Å²) >= 11 is 0. The molecule has 1 aliphatic carbocycles. The Morgan fingerprint density at radius 1 is 1.70 bits per heavy atom. The third-order valence-corrected chi connectivity index (χ3v) is 2.05. The van der Waals surface area contributed by atoms with E-state index in [1.54, 1.807) is 6.92 Å². The lowest BCUT2D eigenvalue weighted by Crippen LogP contribution is -2.55. The zero-order valence-electron chi connectivity index (χ0n) is 6.05. The number of amides is 1. The monoisotopic (exact) mass is 143 g/mol. The minimum atomic E-state index is -0.755. The van der Waals surface area contributed by atoms with Crippen LogP contribution in [0.15, 0.2) is 0 Å². The Kier molecular flexibility index (Phi) is 1.66. The number of carbonyl (C=O) groups excluding carboxylic acids is 1. The van der Waals surface area contributed by atoms with Crippen molar-refractivity contribution in [3.05, 3.63) is 0 Å². The first-order valence-corrected chi connectivity index (χ1v) is 3.39. The zero-order valence-corrected chi connectivity index (χ0v) is 6.05. The van der Waals surface area contributed by atoms with Crippen LogP contribution in [0.2, 0.25) is 0 Å². The molecule has 1 rings (SSSR count). The van der Waals surface area contributed by atoms with Gasteiger partial charge in [-0.2, -0.15) is 0 Å². The molecule has 1 aliphatic rings. The SMILES string of the molecule is CC(N)(C(=O)NN)C1CC1.